The summed E-state index contributed by atoms with van der Waals surface area (Å²) in [7, 11) is 2.22. The van der Waals surface area contributed by atoms with Gasteiger partial charge in [0.05, 0.1) is 0 Å². The summed E-state index contributed by atoms with van der Waals surface area (Å²) in [6.07, 6.45) is 6.77. The van der Waals surface area contributed by atoms with E-state index >= 15 is 0 Å². The van der Waals surface area contributed by atoms with Crippen LogP contribution >= 0.6 is 0 Å². The fraction of sp³-hybridized carbons (Fsp3) is 0.545. The highest BCUT2D eigenvalue weighted by Crippen LogP contribution is 2.28. The maximum atomic E-state index is 3.20. The van der Waals surface area contributed by atoms with Crippen molar-refractivity contribution in [3.05, 3.63) is 59.4 Å². The lowest BCUT2D eigenvalue weighted by atomic mass is 9.91. The van der Waals surface area contributed by atoms with Gasteiger partial charge >= 0.3 is 0 Å². The number of aromatic amines is 1. The number of benzene rings is 1. The SMILES string of the molecule is CN1CCN(Cc2ccc(CN3CCC(c4cc[nH]c4)CC3)cc2)CC1. The number of nitrogens with one attached hydrogen (secondary N) is 1. The van der Waals surface area contributed by atoms with E-state index in [1.807, 2.05) is 6.20 Å². The molecule has 4 rings (SSSR count). The van der Waals surface area contributed by atoms with Crippen molar-refractivity contribution < 1.29 is 0 Å². The third-order valence-electron chi connectivity index (χ3n) is 6.11. The summed E-state index contributed by atoms with van der Waals surface area (Å²) in [6.45, 7) is 9.36. The second-order valence-corrected chi connectivity index (χ2v) is 8.09. The highest BCUT2D eigenvalue weighted by molar-refractivity contribution is 5.23. The maximum absolute atomic E-state index is 3.20. The molecular formula is C22H32N4. The molecule has 4 nitrogen and oxygen atoms in total. The van der Waals surface area contributed by atoms with Crippen LogP contribution in [0.5, 0.6) is 0 Å². The first-order valence-corrected chi connectivity index (χ1v) is 10.1. The van der Waals surface area contributed by atoms with Gasteiger partial charge in [-0.2, -0.15) is 0 Å². The standard InChI is InChI=1S/C22H32N4/c1-24-12-14-26(15-13-24)18-20-4-2-19(3-5-20)17-25-10-7-21(8-11-25)22-6-9-23-16-22/h2-6,9,16,21,23H,7-8,10-15,17-18H2,1H3. The van der Waals surface area contributed by atoms with E-state index in [1.54, 1.807) is 0 Å². The summed E-state index contributed by atoms with van der Waals surface area (Å²) >= 11 is 0. The molecule has 1 N–H and O–H groups in total. The quantitative estimate of drug-likeness (QED) is 0.895. The number of hydrogen-bond donors (Lipinski definition) is 1. The zero-order chi connectivity index (χ0) is 17.8. The van der Waals surface area contributed by atoms with E-state index in [4.69, 9.17) is 0 Å². The Kier molecular flexibility index (Phi) is 5.73. The molecule has 2 aromatic rings. The molecule has 1 aromatic heterocycles. The van der Waals surface area contributed by atoms with Gasteiger partial charge in [0.25, 0.3) is 0 Å². The van der Waals surface area contributed by atoms with Crippen LogP contribution in [0.3, 0.4) is 0 Å². The second-order valence-electron chi connectivity index (χ2n) is 8.09. The van der Waals surface area contributed by atoms with Crippen molar-refractivity contribution >= 4 is 0 Å². The van der Waals surface area contributed by atoms with Crippen LogP contribution in [-0.4, -0.2) is 66.0 Å². The van der Waals surface area contributed by atoms with Crippen LogP contribution in [-0.2, 0) is 13.1 Å². The third kappa shape index (κ3) is 4.56. The first kappa shape index (κ1) is 17.8. The maximum Gasteiger partial charge on any atom is 0.0234 e. The zero-order valence-corrected chi connectivity index (χ0v) is 16.0. The van der Waals surface area contributed by atoms with Crippen molar-refractivity contribution in [3.63, 3.8) is 0 Å². The molecule has 0 aliphatic carbocycles. The van der Waals surface area contributed by atoms with Gasteiger partial charge in [-0.05, 0) is 61.7 Å². The van der Waals surface area contributed by atoms with E-state index in [-0.39, 0.29) is 0 Å². The number of likely N-dealkylation sites (tertiary alicyclic amines) is 1. The minimum Gasteiger partial charge on any atom is -0.367 e. The molecule has 1 aromatic carbocycles. The van der Waals surface area contributed by atoms with Crippen LogP contribution in [0.25, 0.3) is 0 Å². The summed E-state index contributed by atoms with van der Waals surface area (Å²) in [5, 5.41) is 0. The van der Waals surface area contributed by atoms with Crippen molar-refractivity contribution in [2.45, 2.75) is 31.8 Å². The first-order valence-electron chi connectivity index (χ1n) is 10.1. The van der Waals surface area contributed by atoms with Gasteiger partial charge in [-0.1, -0.05) is 24.3 Å². The van der Waals surface area contributed by atoms with E-state index < -0.39 is 0 Å². The van der Waals surface area contributed by atoms with Gasteiger partial charge in [0, 0.05) is 51.7 Å². The van der Waals surface area contributed by atoms with E-state index in [0.29, 0.717) is 0 Å². The minimum atomic E-state index is 0.739. The van der Waals surface area contributed by atoms with E-state index in [2.05, 4.69) is 63.3 Å². The van der Waals surface area contributed by atoms with Crippen molar-refractivity contribution in [1.29, 1.82) is 0 Å². The first-order chi connectivity index (χ1) is 12.8. The van der Waals surface area contributed by atoms with Crippen molar-refractivity contribution in [1.82, 2.24) is 19.7 Å². The van der Waals surface area contributed by atoms with Crippen molar-refractivity contribution in [2.75, 3.05) is 46.3 Å². The molecule has 0 bridgehead atoms. The fourth-order valence-electron chi connectivity index (χ4n) is 4.29. The summed E-state index contributed by atoms with van der Waals surface area (Å²) in [4.78, 5) is 10.8. The molecule has 26 heavy (non-hydrogen) atoms. The van der Waals surface area contributed by atoms with E-state index in [0.717, 1.165) is 19.0 Å². The van der Waals surface area contributed by atoms with Crippen LogP contribution in [0.1, 0.15) is 35.4 Å². The number of piperidine rings is 1. The monoisotopic (exact) mass is 352 g/mol. The molecule has 2 fully saturated rings. The zero-order valence-electron chi connectivity index (χ0n) is 16.0. The normalized spacial score (nSPS) is 21.3. The Labute approximate surface area is 157 Å². The molecule has 2 saturated heterocycles. The molecule has 0 amide bonds. The predicted octanol–water partition coefficient (Wildman–Crippen LogP) is 3.14. The van der Waals surface area contributed by atoms with Crippen molar-refractivity contribution in [2.24, 2.45) is 0 Å². The number of hydrogen-bond acceptors (Lipinski definition) is 3. The van der Waals surface area contributed by atoms with Gasteiger partial charge in [0.1, 0.15) is 0 Å². The highest BCUT2D eigenvalue weighted by Gasteiger charge is 2.21. The van der Waals surface area contributed by atoms with Gasteiger partial charge in [0.2, 0.25) is 0 Å². The fourth-order valence-corrected chi connectivity index (χ4v) is 4.29. The van der Waals surface area contributed by atoms with Crippen molar-refractivity contribution in [3.8, 4) is 0 Å². The molecule has 0 radical (unpaired) electrons. The third-order valence-corrected chi connectivity index (χ3v) is 6.11. The van der Waals surface area contributed by atoms with Crippen LogP contribution in [0.15, 0.2) is 42.7 Å². The van der Waals surface area contributed by atoms with Crippen LogP contribution in [0, 0.1) is 0 Å². The van der Waals surface area contributed by atoms with E-state index in [9.17, 15) is 0 Å². The number of rotatable bonds is 5. The lowest BCUT2D eigenvalue weighted by Crippen LogP contribution is -2.43. The molecule has 4 heteroatoms. The van der Waals surface area contributed by atoms with Gasteiger partial charge in [-0.25, -0.2) is 0 Å². The Bertz CT molecular complexity index is 648. The molecule has 140 valence electrons. The topological polar surface area (TPSA) is 25.5 Å². The van der Waals surface area contributed by atoms with Gasteiger partial charge in [-0.15, -0.1) is 0 Å². The summed E-state index contributed by atoms with van der Waals surface area (Å²) in [6, 6.07) is 11.6. The molecule has 0 spiro atoms. The number of likely N-dealkylation sites (N-methyl/N-ethyl adjacent to an activating group) is 1. The number of piperazine rings is 1. The van der Waals surface area contributed by atoms with Crippen LogP contribution in [0.4, 0.5) is 0 Å². The predicted molar refractivity (Wildman–Crippen MR) is 107 cm³/mol. The number of nitrogens with zero attached hydrogens (tertiary/aromatic N) is 3. The van der Waals surface area contributed by atoms with Gasteiger partial charge in [-0.3, -0.25) is 9.80 Å². The molecule has 0 saturated carbocycles. The summed E-state index contributed by atoms with van der Waals surface area (Å²) in [5.41, 5.74) is 4.38. The molecule has 2 aliphatic heterocycles. The molecular weight excluding hydrogens is 320 g/mol. The summed E-state index contributed by atoms with van der Waals surface area (Å²) < 4.78 is 0. The Morgan fingerprint density at radius 2 is 1.38 bits per heavy atom. The highest BCUT2D eigenvalue weighted by atomic mass is 15.2. The van der Waals surface area contributed by atoms with Gasteiger partial charge in [0.15, 0.2) is 0 Å². The molecule has 0 atom stereocenters. The Morgan fingerprint density at radius 3 is 1.92 bits per heavy atom. The smallest absolute Gasteiger partial charge is 0.0234 e. The lowest BCUT2D eigenvalue weighted by molar-refractivity contribution is 0.148. The average Bonchev–Trinajstić information content (AvgIpc) is 3.21. The average molecular weight is 353 g/mol. The Balaban J connectivity index is 1.24. The Hall–Kier alpha value is -1.62. The number of aromatic nitrogens is 1. The van der Waals surface area contributed by atoms with Crippen LogP contribution < -0.4 is 0 Å². The molecule has 2 aliphatic rings. The van der Waals surface area contributed by atoms with Crippen LogP contribution in [0.2, 0.25) is 0 Å². The summed E-state index contributed by atoms with van der Waals surface area (Å²) in [5.74, 6) is 0.739. The Morgan fingerprint density at radius 1 is 0.808 bits per heavy atom. The largest absolute Gasteiger partial charge is 0.367 e. The minimum absolute atomic E-state index is 0.739. The molecule has 0 unspecified atom stereocenters. The second kappa shape index (κ2) is 8.38. The van der Waals surface area contributed by atoms with Gasteiger partial charge < -0.3 is 9.88 Å². The number of H-pyrrole nitrogens is 1. The van der Waals surface area contributed by atoms with E-state index in [1.165, 1.54) is 68.8 Å². The molecule has 3 heterocycles. The lowest BCUT2D eigenvalue weighted by Gasteiger charge is -2.32.